The largest absolute Gasteiger partial charge is 0.507 e. The second-order valence-electron chi connectivity index (χ2n) is 4.58. The predicted molar refractivity (Wildman–Crippen MR) is 84.6 cm³/mol. The lowest BCUT2D eigenvalue weighted by molar-refractivity contribution is 0.102. The summed E-state index contributed by atoms with van der Waals surface area (Å²) >= 11 is 3.37. The van der Waals surface area contributed by atoms with Crippen LogP contribution in [-0.4, -0.2) is 16.3 Å². The molecule has 0 aliphatic rings. The van der Waals surface area contributed by atoms with Crippen molar-refractivity contribution < 1.29 is 14.3 Å². The molecular formula is C16H15BrFNO2. The molecule has 5 heteroatoms. The Bertz CT molecular complexity index is 626. The van der Waals surface area contributed by atoms with Crippen LogP contribution in [-0.2, 0) is 6.42 Å². The molecule has 0 unspecified atom stereocenters. The summed E-state index contributed by atoms with van der Waals surface area (Å²) < 4.78 is 13.6. The number of alkyl halides is 1. The van der Waals surface area contributed by atoms with Crippen LogP contribution in [0.15, 0.2) is 42.5 Å². The first kappa shape index (κ1) is 15.5. The Hall–Kier alpha value is -1.88. The first-order valence-corrected chi connectivity index (χ1v) is 7.67. The van der Waals surface area contributed by atoms with Crippen molar-refractivity contribution in [1.82, 2.24) is 0 Å². The van der Waals surface area contributed by atoms with Crippen LogP contribution in [0.4, 0.5) is 10.1 Å². The molecule has 0 fully saturated rings. The van der Waals surface area contributed by atoms with Crippen molar-refractivity contribution in [1.29, 1.82) is 0 Å². The van der Waals surface area contributed by atoms with Gasteiger partial charge in [0.2, 0.25) is 0 Å². The highest BCUT2D eigenvalue weighted by Crippen LogP contribution is 2.22. The number of amides is 1. The average Bonchev–Trinajstić information content (AvgIpc) is 2.45. The van der Waals surface area contributed by atoms with E-state index in [0.717, 1.165) is 29.8 Å². The average molecular weight is 352 g/mol. The van der Waals surface area contributed by atoms with Crippen molar-refractivity contribution in [3.05, 3.63) is 59.4 Å². The second-order valence-corrected chi connectivity index (χ2v) is 5.37. The van der Waals surface area contributed by atoms with Crippen LogP contribution in [0.5, 0.6) is 5.75 Å². The monoisotopic (exact) mass is 351 g/mol. The SMILES string of the molecule is O=C(Nc1cccc(CCCBr)c1)c1c(O)cccc1F. The molecule has 0 spiro atoms. The molecule has 2 rings (SSSR count). The van der Waals surface area contributed by atoms with E-state index in [0.29, 0.717) is 5.69 Å². The minimum Gasteiger partial charge on any atom is -0.507 e. The lowest BCUT2D eigenvalue weighted by Gasteiger charge is -2.09. The van der Waals surface area contributed by atoms with Crippen LogP contribution in [0.3, 0.4) is 0 Å². The van der Waals surface area contributed by atoms with Gasteiger partial charge in [0.25, 0.3) is 5.91 Å². The molecule has 1 amide bonds. The maximum absolute atomic E-state index is 13.6. The van der Waals surface area contributed by atoms with E-state index in [2.05, 4.69) is 21.2 Å². The Morgan fingerprint density at radius 2 is 2.00 bits per heavy atom. The second kappa shape index (κ2) is 7.22. The van der Waals surface area contributed by atoms with Crippen LogP contribution >= 0.6 is 15.9 Å². The first-order valence-electron chi connectivity index (χ1n) is 6.55. The summed E-state index contributed by atoms with van der Waals surface area (Å²) in [6, 6.07) is 11.2. The van der Waals surface area contributed by atoms with Crippen molar-refractivity contribution >= 4 is 27.5 Å². The molecule has 3 nitrogen and oxygen atoms in total. The fourth-order valence-electron chi connectivity index (χ4n) is 2.01. The number of benzene rings is 2. The van der Waals surface area contributed by atoms with E-state index in [4.69, 9.17) is 0 Å². The molecule has 0 bridgehead atoms. The lowest BCUT2D eigenvalue weighted by atomic mass is 10.1. The Morgan fingerprint density at radius 3 is 2.71 bits per heavy atom. The van der Waals surface area contributed by atoms with Crippen LogP contribution in [0.2, 0.25) is 0 Å². The van der Waals surface area contributed by atoms with E-state index < -0.39 is 11.7 Å². The van der Waals surface area contributed by atoms with Gasteiger partial charge in [-0.3, -0.25) is 4.79 Å². The van der Waals surface area contributed by atoms with Gasteiger partial charge in [-0.1, -0.05) is 34.1 Å². The van der Waals surface area contributed by atoms with Gasteiger partial charge in [0.1, 0.15) is 17.1 Å². The lowest BCUT2D eigenvalue weighted by Crippen LogP contribution is -2.14. The number of hydrogen-bond donors (Lipinski definition) is 2. The maximum atomic E-state index is 13.6. The van der Waals surface area contributed by atoms with E-state index in [1.165, 1.54) is 12.1 Å². The zero-order valence-electron chi connectivity index (χ0n) is 11.3. The minimum atomic E-state index is -0.747. The first-order chi connectivity index (χ1) is 10.1. The summed E-state index contributed by atoms with van der Waals surface area (Å²) in [4.78, 5) is 12.1. The highest BCUT2D eigenvalue weighted by atomic mass is 79.9. The number of aromatic hydroxyl groups is 1. The molecule has 2 N–H and O–H groups in total. The fraction of sp³-hybridized carbons (Fsp3) is 0.188. The van der Waals surface area contributed by atoms with Crippen molar-refractivity contribution in [3.8, 4) is 5.75 Å². The molecule has 0 aliphatic heterocycles. The summed E-state index contributed by atoms with van der Waals surface area (Å²) in [6.07, 6.45) is 1.88. The van der Waals surface area contributed by atoms with Gasteiger partial charge in [-0.15, -0.1) is 0 Å². The number of carbonyl (C=O) groups excluding carboxylic acids is 1. The van der Waals surface area contributed by atoms with Gasteiger partial charge in [-0.05, 0) is 42.7 Å². The summed E-state index contributed by atoms with van der Waals surface area (Å²) in [5, 5.41) is 13.1. The van der Waals surface area contributed by atoms with Crippen LogP contribution < -0.4 is 5.32 Å². The Kier molecular flexibility index (Phi) is 5.33. The molecule has 21 heavy (non-hydrogen) atoms. The highest BCUT2D eigenvalue weighted by Gasteiger charge is 2.16. The third kappa shape index (κ3) is 4.04. The number of phenols is 1. The van der Waals surface area contributed by atoms with E-state index in [-0.39, 0.29) is 11.3 Å². The Labute approximate surface area is 130 Å². The zero-order valence-corrected chi connectivity index (χ0v) is 12.9. The third-order valence-electron chi connectivity index (χ3n) is 3.00. The van der Waals surface area contributed by atoms with Gasteiger partial charge in [-0.25, -0.2) is 4.39 Å². The van der Waals surface area contributed by atoms with E-state index in [9.17, 15) is 14.3 Å². The molecular weight excluding hydrogens is 337 g/mol. The topological polar surface area (TPSA) is 49.3 Å². The number of carbonyl (C=O) groups is 1. The standard InChI is InChI=1S/C16H15BrFNO2/c17-9-3-5-11-4-1-6-12(10-11)19-16(21)15-13(18)7-2-8-14(15)20/h1-2,4,6-8,10,20H,3,5,9H2,(H,19,21). The molecule has 0 radical (unpaired) electrons. The Balaban J connectivity index is 2.16. The van der Waals surface area contributed by atoms with Crippen LogP contribution in [0, 0.1) is 5.82 Å². The Morgan fingerprint density at radius 1 is 1.24 bits per heavy atom. The van der Waals surface area contributed by atoms with E-state index in [1.54, 1.807) is 6.07 Å². The smallest absolute Gasteiger partial charge is 0.262 e. The summed E-state index contributed by atoms with van der Waals surface area (Å²) in [5.74, 6) is -1.78. The zero-order chi connectivity index (χ0) is 15.2. The number of rotatable bonds is 5. The van der Waals surface area contributed by atoms with Gasteiger partial charge in [-0.2, -0.15) is 0 Å². The van der Waals surface area contributed by atoms with Crippen molar-refractivity contribution in [2.75, 3.05) is 10.6 Å². The molecule has 0 atom stereocenters. The number of halogens is 2. The normalized spacial score (nSPS) is 10.4. The molecule has 0 saturated heterocycles. The number of phenolic OH excluding ortho intramolecular Hbond substituents is 1. The predicted octanol–water partition coefficient (Wildman–Crippen LogP) is 4.11. The summed E-state index contributed by atoms with van der Waals surface area (Å²) in [7, 11) is 0. The molecule has 0 heterocycles. The molecule has 110 valence electrons. The molecule has 0 aliphatic carbocycles. The third-order valence-corrected chi connectivity index (χ3v) is 3.56. The summed E-state index contributed by atoms with van der Waals surface area (Å²) in [5.41, 5.74) is 1.32. The van der Waals surface area contributed by atoms with Crippen LogP contribution in [0.1, 0.15) is 22.3 Å². The number of aryl methyl sites for hydroxylation is 1. The van der Waals surface area contributed by atoms with Gasteiger partial charge >= 0.3 is 0 Å². The number of hydrogen-bond acceptors (Lipinski definition) is 2. The molecule has 2 aromatic rings. The van der Waals surface area contributed by atoms with E-state index in [1.807, 2.05) is 18.2 Å². The summed E-state index contributed by atoms with van der Waals surface area (Å²) in [6.45, 7) is 0. The quantitative estimate of drug-likeness (QED) is 0.796. The molecule has 0 saturated carbocycles. The van der Waals surface area contributed by atoms with Gasteiger partial charge in [0, 0.05) is 11.0 Å². The highest BCUT2D eigenvalue weighted by molar-refractivity contribution is 9.09. The van der Waals surface area contributed by atoms with Crippen LogP contribution in [0.25, 0.3) is 0 Å². The number of nitrogens with one attached hydrogen (secondary N) is 1. The maximum Gasteiger partial charge on any atom is 0.262 e. The fourth-order valence-corrected chi connectivity index (χ4v) is 2.29. The van der Waals surface area contributed by atoms with Gasteiger partial charge < -0.3 is 10.4 Å². The van der Waals surface area contributed by atoms with Gasteiger partial charge in [0.05, 0.1) is 0 Å². The van der Waals surface area contributed by atoms with Crippen molar-refractivity contribution in [2.24, 2.45) is 0 Å². The molecule has 0 aromatic heterocycles. The van der Waals surface area contributed by atoms with Gasteiger partial charge in [0.15, 0.2) is 0 Å². The molecule has 2 aromatic carbocycles. The van der Waals surface area contributed by atoms with Crippen molar-refractivity contribution in [2.45, 2.75) is 12.8 Å². The van der Waals surface area contributed by atoms with E-state index >= 15 is 0 Å². The van der Waals surface area contributed by atoms with Crippen molar-refractivity contribution in [3.63, 3.8) is 0 Å². The minimum absolute atomic E-state index is 0.344. The number of anilines is 1.